The zero-order valence-corrected chi connectivity index (χ0v) is 18.0. The first-order valence-corrected chi connectivity index (χ1v) is 10.4. The Balaban J connectivity index is 1.36. The normalized spacial score (nSPS) is 14.0. The SMILES string of the molecule is CC(NC(=O)c1nc(NC(=O)OCC2c3ccccc3-c3ccccc32)n[nH]1)C(C)C(=O)O. The standard InChI is InChI=1S/C23H23N5O5/c1-12(21(30)31)13(2)24-20(29)19-25-22(28-27-19)26-23(32)33-11-18-16-9-5-3-7-14(16)15-8-4-6-10-17(15)18/h3-10,12-13,18H,11H2,1-2H3,(H,24,29)(H,30,31)(H2,25,26,27,28,32). The molecule has 0 spiro atoms. The van der Waals surface area contributed by atoms with Crippen LogP contribution in [0.2, 0.25) is 0 Å². The minimum Gasteiger partial charge on any atom is -0.481 e. The molecule has 2 amide bonds. The molecule has 2 aromatic carbocycles. The third kappa shape index (κ3) is 4.54. The number of hydrogen-bond donors (Lipinski definition) is 4. The van der Waals surface area contributed by atoms with E-state index in [2.05, 4.69) is 25.8 Å². The summed E-state index contributed by atoms with van der Waals surface area (Å²) in [5.41, 5.74) is 4.43. The first-order chi connectivity index (χ1) is 15.8. The highest BCUT2D eigenvalue weighted by Gasteiger charge is 2.29. The first kappa shape index (κ1) is 22.0. The molecular weight excluding hydrogens is 426 g/mol. The van der Waals surface area contributed by atoms with E-state index in [9.17, 15) is 14.4 Å². The van der Waals surface area contributed by atoms with Crippen LogP contribution in [0.4, 0.5) is 10.7 Å². The molecule has 0 aliphatic heterocycles. The number of benzene rings is 2. The monoisotopic (exact) mass is 449 g/mol. The number of aliphatic carboxylic acids is 1. The fourth-order valence-electron chi connectivity index (χ4n) is 3.76. The van der Waals surface area contributed by atoms with E-state index in [1.54, 1.807) is 6.92 Å². The van der Waals surface area contributed by atoms with Crippen LogP contribution in [0.3, 0.4) is 0 Å². The van der Waals surface area contributed by atoms with E-state index in [1.807, 2.05) is 48.5 Å². The lowest BCUT2D eigenvalue weighted by molar-refractivity contribution is -0.141. The molecule has 0 saturated heterocycles. The van der Waals surface area contributed by atoms with Gasteiger partial charge in [0.1, 0.15) is 6.61 Å². The van der Waals surface area contributed by atoms with E-state index in [0.29, 0.717) is 0 Å². The average Bonchev–Trinajstić information content (AvgIpc) is 3.40. The van der Waals surface area contributed by atoms with Crippen molar-refractivity contribution in [1.29, 1.82) is 0 Å². The molecule has 10 heteroatoms. The number of carbonyl (C=O) groups is 3. The van der Waals surface area contributed by atoms with Crippen LogP contribution in [0.25, 0.3) is 11.1 Å². The molecule has 1 aromatic heterocycles. The van der Waals surface area contributed by atoms with Gasteiger partial charge >= 0.3 is 12.1 Å². The van der Waals surface area contributed by atoms with Gasteiger partial charge in [0.05, 0.1) is 5.92 Å². The summed E-state index contributed by atoms with van der Waals surface area (Å²) in [5, 5.41) is 20.2. The number of nitrogens with zero attached hydrogens (tertiary/aromatic N) is 2. The number of carbonyl (C=O) groups excluding carboxylic acids is 2. The summed E-state index contributed by atoms with van der Waals surface area (Å²) in [7, 11) is 0. The number of carboxylic acid groups (broad SMARTS) is 1. The van der Waals surface area contributed by atoms with Crippen molar-refractivity contribution in [1.82, 2.24) is 20.5 Å². The Morgan fingerprint density at radius 2 is 1.67 bits per heavy atom. The van der Waals surface area contributed by atoms with E-state index < -0.39 is 29.9 Å². The predicted octanol–water partition coefficient (Wildman–Crippen LogP) is 3.00. The summed E-state index contributed by atoms with van der Waals surface area (Å²) in [4.78, 5) is 39.5. The summed E-state index contributed by atoms with van der Waals surface area (Å²) in [6, 6.07) is 15.4. The molecule has 0 fully saturated rings. The highest BCUT2D eigenvalue weighted by Crippen LogP contribution is 2.44. The Labute approximate surface area is 189 Å². The maximum Gasteiger partial charge on any atom is 0.414 e. The van der Waals surface area contributed by atoms with Crippen molar-refractivity contribution in [2.24, 2.45) is 5.92 Å². The van der Waals surface area contributed by atoms with E-state index in [1.165, 1.54) is 6.92 Å². The Morgan fingerprint density at radius 3 is 2.27 bits per heavy atom. The third-order valence-electron chi connectivity index (χ3n) is 5.76. The molecule has 0 radical (unpaired) electrons. The van der Waals surface area contributed by atoms with Crippen molar-refractivity contribution >= 4 is 23.9 Å². The molecular formula is C23H23N5O5. The summed E-state index contributed by atoms with van der Waals surface area (Å²) < 4.78 is 5.43. The Hall–Kier alpha value is -4.21. The molecule has 4 rings (SSSR count). The topological polar surface area (TPSA) is 146 Å². The number of aromatic amines is 1. The van der Waals surface area contributed by atoms with Gasteiger partial charge in [-0.1, -0.05) is 48.5 Å². The zero-order valence-electron chi connectivity index (χ0n) is 18.0. The number of rotatable bonds is 7. The fraction of sp³-hybridized carbons (Fsp3) is 0.261. The molecule has 4 N–H and O–H groups in total. The van der Waals surface area contributed by atoms with Crippen molar-refractivity contribution in [3.8, 4) is 11.1 Å². The van der Waals surface area contributed by atoms with Crippen molar-refractivity contribution in [3.63, 3.8) is 0 Å². The molecule has 33 heavy (non-hydrogen) atoms. The molecule has 2 unspecified atom stereocenters. The lowest BCUT2D eigenvalue weighted by Gasteiger charge is -2.16. The maximum absolute atomic E-state index is 12.3. The summed E-state index contributed by atoms with van der Waals surface area (Å²) >= 11 is 0. The van der Waals surface area contributed by atoms with Crippen molar-refractivity contribution in [2.45, 2.75) is 25.8 Å². The summed E-state index contributed by atoms with van der Waals surface area (Å²) in [6.45, 7) is 3.18. The number of aromatic nitrogens is 3. The minimum absolute atomic E-state index is 0.0886. The van der Waals surface area contributed by atoms with Crippen LogP contribution in [-0.2, 0) is 9.53 Å². The lowest BCUT2D eigenvalue weighted by atomic mass is 9.98. The number of nitrogens with one attached hydrogen (secondary N) is 3. The van der Waals surface area contributed by atoms with E-state index in [-0.39, 0.29) is 24.3 Å². The van der Waals surface area contributed by atoms with Crippen LogP contribution in [0, 0.1) is 5.92 Å². The number of ether oxygens (including phenoxy) is 1. The molecule has 10 nitrogen and oxygen atoms in total. The van der Waals surface area contributed by atoms with Gasteiger partial charge in [-0.25, -0.2) is 4.79 Å². The van der Waals surface area contributed by atoms with Gasteiger partial charge in [-0.05, 0) is 36.1 Å². The Morgan fingerprint density at radius 1 is 1.06 bits per heavy atom. The quantitative estimate of drug-likeness (QED) is 0.434. The molecule has 0 saturated carbocycles. The van der Waals surface area contributed by atoms with Gasteiger partial charge in [0.25, 0.3) is 11.9 Å². The highest BCUT2D eigenvalue weighted by atomic mass is 16.5. The van der Waals surface area contributed by atoms with Gasteiger partial charge in [-0.15, -0.1) is 5.10 Å². The number of hydrogen-bond acceptors (Lipinski definition) is 6. The van der Waals surface area contributed by atoms with Crippen LogP contribution >= 0.6 is 0 Å². The number of anilines is 1. The predicted molar refractivity (Wildman–Crippen MR) is 119 cm³/mol. The average molecular weight is 449 g/mol. The Kier molecular flexibility index (Phi) is 6.07. The molecule has 3 aromatic rings. The van der Waals surface area contributed by atoms with Gasteiger partial charge < -0.3 is 15.2 Å². The van der Waals surface area contributed by atoms with Gasteiger partial charge in [0, 0.05) is 12.0 Å². The summed E-state index contributed by atoms with van der Waals surface area (Å²) in [6.07, 6.45) is -0.754. The van der Waals surface area contributed by atoms with Crippen LogP contribution in [0.5, 0.6) is 0 Å². The Bertz CT molecular complexity index is 1160. The number of fused-ring (bicyclic) bond motifs is 3. The molecule has 1 aliphatic carbocycles. The van der Waals surface area contributed by atoms with E-state index in [4.69, 9.17) is 9.84 Å². The van der Waals surface area contributed by atoms with E-state index >= 15 is 0 Å². The second-order valence-electron chi connectivity index (χ2n) is 7.85. The van der Waals surface area contributed by atoms with Crippen molar-refractivity contribution in [2.75, 3.05) is 11.9 Å². The zero-order chi connectivity index (χ0) is 23.5. The molecule has 1 heterocycles. The van der Waals surface area contributed by atoms with Gasteiger partial charge in [-0.2, -0.15) is 4.98 Å². The van der Waals surface area contributed by atoms with Gasteiger partial charge in [0.2, 0.25) is 5.82 Å². The van der Waals surface area contributed by atoms with Gasteiger partial charge in [0.15, 0.2) is 0 Å². The number of H-pyrrole nitrogens is 1. The van der Waals surface area contributed by atoms with Crippen LogP contribution in [0.15, 0.2) is 48.5 Å². The van der Waals surface area contributed by atoms with Crippen LogP contribution in [0.1, 0.15) is 41.5 Å². The number of carboxylic acids is 1. The molecule has 0 bridgehead atoms. The highest BCUT2D eigenvalue weighted by molar-refractivity contribution is 5.92. The fourth-order valence-corrected chi connectivity index (χ4v) is 3.76. The molecule has 2 atom stereocenters. The number of amides is 2. The van der Waals surface area contributed by atoms with Crippen LogP contribution < -0.4 is 10.6 Å². The molecule has 1 aliphatic rings. The second kappa shape index (κ2) is 9.11. The smallest absolute Gasteiger partial charge is 0.414 e. The van der Waals surface area contributed by atoms with Gasteiger partial charge in [-0.3, -0.25) is 20.0 Å². The van der Waals surface area contributed by atoms with Crippen LogP contribution in [-0.4, -0.2) is 50.9 Å². The second-order valence-corrected chi connectivity index (χ2v) is 7.85. The summed E-state index contributed by atoms with van der Waals surface area (Å²) in [5.74, 6) is -2.82. The largest absolute Gasteiger partial charge is 0.481 e. The van der Waals surface area contributed by atoms with E-state index in [0.717, 1.165) is 22.3 Å². The van der Waals surface area contributed by atoms with Crippen molar-refractivity contribution < 1.29 is 24.2 Å². The maximum atomic E-state index is 12.3. The lowest BCUT2D eigenvalue weighted by Crippen LogP contribution is -2.40. The third-order valence-corrected chi connectivity index (χ3v) is 5.76. The first-order valence-electron chi connectivity index (χ1n) is 10.4. The molecule has 170 valence electrons. The van der Waals surface area contributed by atoms with Crippen molar-refractivity contribution in [3.05, 3.63) is 65.5 Å². The minimum atomic E-state index is -1.03.